The molecule has 11 aromatic rings. The van der Waals surface area contributed by atoms with E-state index in [9.17, 15) is 14.4 Å². The van der Waals surface area contributed by atoms with Crippen molar-refractivity contribution in [1.29, 1.82) is 0 Å². The van der Waals surface area contributed by atoms with Crippen LogP contribution < -0.4 is 49.9 Å². The summed E-state index contributed by atoms with van der Waals surface area (Å²) in [6.45, 7) is 42.0. The Balaban J connectivity index is 0.000000137. The number of fused-ring (bicyclic) bond motifs is 8. The second-order valence-corrected chi connectivity index (χ2v) is 40.1. The summed E-state index contributed by atoms with van der Waals surface area (Å²) >= 11 is 0. The van der Waals surface area contributed by atoms with E-state index in [1.807, 2.05) is 142 Å². The Bertz CT molecular complexity index is 6070. The summed E-state index contributed by atoms with van der Waals surface area (Å²) in [6.07, 6.45) is 6.47. The molecule has 19 rings (SSSR count). The fourth-order valence-electron chi connectivity index (χ4n) is 19.0. The van der Waals surface area contributed by atoms with Crippen LogP contribution in [0.4, 0.5) is 32.9 Å². The summed E-state index contributed by atoms with van der Waals surface area (Å²) in [5.41, 5.74) is 38.4. The molecule has 8 aromatic heterocycles. The molecule has 3 aromatic carbocycles. The fourth-order valence-corrected chi connectivity index (χ4v) is 19.0. The molecule has 0 radical (unpaired) electrons. The van der Waals surface area contributed by atoms with Crippen molar-refractivity contribution in [3.63, 3.8) is 0 Å². The Morgan fingerprint density at radius 1 is 0.387 bits per heavy atom. The third-order valence-corrected chi connectivity index (χ3v) is 25.9. The van der Waals surface area contributed by atoms with Crippen LogP contribution >= 0.6 is 0 Å². The van der Waals surface area contributed by atoms with Crippen LogP contribution in [0.2, 0.25) is 0 Å². The minimum Gasteiger partial charge on any atom is -0.445 e. The number of rotatable bonds is 32. The predicted molar refractivity (Wildman–Crippen MR) is 523 cm³/mol. The molecule has 0 saturated carbocycles. The van der Waals surface area contributed by atoms with E-state index >= 15 is 0 Å². The zero-order chi connectivity index (χ0) is 101. The van der Waals surface area contributed by atoms with Gasteiger partial charge in [0, 0.05) is 96.7 Å². The molecule has 0 bridgehead atoms. The summed E-state index contributed by atoms with van der Waals surface area (Å²) in [5, 5.41) is 12.0. The first-order valence-corrected chi connectivity index (χ1v) is 48.4. The topological polar surface area (TPSA) is 543 Å². The van der Waals surface area contributed by atoms with Crippen molar-refractivity contribution in [3.8, 4) is 0 Å². The summed E-state index contributed by atoms with van der Waals surface area (Å²) in [4.78, 5) is 94.7. The highest BCUT2D eigenvalue weighted by atomic mass is 16.8. The van der Waals surface area contributed by atoms with E-state index in [0.717, 1.165) is 23.2 Å². The van der Waals surface area contributed by atoms with Gasteiger partial charge in [-0.1, -0.05) is 106 Å². The van der Waals surface area contributed by atoms with Crippen molar-refractivity contribution in [2.75, 3.05) is 101 Å². The average molecular weight is 1970 g/mol. The maximum atomic E-state index is 12.7. The lowest BCUT2D eigenvalue weighted by molar-refractivity contribution is -0.198. The molecule has 16 atom stereocenters. The van der Waals surface area contributed by atoms with Gasteiger partial charge in [0.05, 0.1) is 31.7 Å². The van der Waals surface area contributed by atoms with Gasteiger partial charge in [0.2, 0.25) is 5.91 Å². The smallest absolute Gasteiger partial charge is 0.407 e. The number of nitrogens with two attached hydrogens (primary N) is 5. The summed E-state index contributed by atoms with van der Waals surface area (Å²) in [7, 11) is 0. The monoisotopic (exact) mass is 1970 g/mol. The van der Waals surface area contributed by atoms with Gasteiger partial charge in [-0.05, 0) is 125 Å². The molecule has 8 fully saturated rings. The lowest BCUT2D eigenvalue weighted by atomic mass is 9.86. The molecule has 0 spiro atoms. The van der Waals surface area contributed by atoms with Crippen molar-refractivity contribution in [2.24, 2.45) is 5.73 Å². The number of nitrogen functional groups attached to an aromatic ring is 4. The number of hydrogen-bond donors (Lipinski definition) is 9. The quantitative estimate of drug-likeness (QED) is 0.0184. The van der Waals surface area contributed by atoms with Crippen LogP contribution in [0.15, 0.2) is 136 Å². The van der Waals surface area contributed by atoms with Crippen LogP contribution in [0.25, 0.3) is 44.7 Å². The van der Waals surface area contributed by atoms with Crippen LogP contribution in [-0.4, -0.2) is 304 Å². The van der Waals surface area contributed by atoms with E-state index in [0.29, 0.717) is 152 Å². The normalized spacial score (nSPS) is 25.3. The lowest BCUT2D eigenvalue weighted by Gasteiger charge is -2.31. The van der Waals surface area contributed by atoms with Crippen molar-refractivity contribution in [3.05, 3.63) is 158 Å². The van der Waals surface area contributed by atoms with Gasteiger partial charge in [-0.2, -0.15) is 0 Å². The second-order valence-electron chi connectivity index (χ2n) is 40.1. The van der Waals surface area contributed by atoms with E-state index < -0.39 is 60.2 Å². The van der Waals surface area contributed by atoms with Gasteiger partial charge in [-0.25, -0.2) is 69.4 Å². The number of alkyl carbamates (subject to hydrolysis) is 2. The zero-order valence-corrected chi connectivity index (χ0v) is 83.6. The molecule has 45 heteroatoms. The largest absolute Gasteiger partial charge is 0.445 e. The molecule has 3 amide bonds. The first-order valence-electron chi connectivity index (χ1n) is 48.4. The minimum absolute atomic E-state index is 0.0111. The van der Waals surface area contributed by atoms with E-state index in [2.05, 4.69) is 170 Å². The van der Waals surface area contributed by atoms with Crippen LogP contribution in [0, 0.1) is 0 Å². The van der Waals surface area contributed by atoms with Crippen molar-refractivity contribution in [1.82, 2.24) is 114 Å². The molecule has 766 valence electrons. The van der Waals surface area contributed by atoms with E-state index in [1.54, 1.807) is 29.9 Å². The van der Waals surface area contributed by atoms with Gasteiger partial charge in [0.1, 0.15) is 134 Å². The molecule has 14 N–H and O–H groups in total. The Labute approximate surface area is 824 Å². The molecular formula is C97H136N28O17. The predicted octanol–water partition coefficient (Wildman–Crippen LogP) is 7.49. The molecule has 0 unspecified atom stereocenters. The summed E-state index contributed by atoms with van der Waals surface area (Å²) in [6, 6.07) is 28.2. The molecule has 8 aliphatic heterocycles. The van der Waals surface area contributed by atoms with Gasteiger partial charge in [0.15, 0.2) is 93.9 Å². The van der Waals surface area contributed by atoms with Crippen molar-refractivity contribution >= 4 is 86.0 Å². The number of carbonyl (C=O) groups is 3. The van der Waals surface area contributed by atoms with Gasteiger partial charge in [-0.15, -0.1) is 0 Å². The van der Waals surface area contributed by atoms with Crippen LogP contribution in [-0.2, 0) is 96.2 Å². The maximum absolute atomic E-state index is 12.7. The molecule has 0 aliphatic carbocycles. The Hall–Kier alpha value is -11.6. The highest BCUT2D eigenvalue weighted by Gasteiger charge is 2.61. The number of anilines is 4. The molecule has 45 nitrogen and oxygen atoms in total. The number of nitrogens with one attached hydrogen (secondary N) is 4. The second kappa shape index (κ2) is 43.9. The van der Waals surface area contributed by atoms with Gasteiger partial charge >= 0.3 is 12.2 Å². The molecule has 8 aliphatic rings. The van der Waals surface area contributed by atoms with Gasteiger partial charge < -0.3 is 116 Å². The van der Waals surface area contributed by atoms with Crippen LogP contribution in [0.1, 0.15) is 165 Å². The average Bonchev–Trinajstić information content (AvgIpc) is 1.59. The number of carbonyl (C=O) groups excluding carboxylic acids is 3. The SMILES string of the molecule is CC(C)N(CCN)C[C@H]1O[C@@H](n2cnc3c(N)ncnc32)[C@@H]2OC(C)(C)O[C@@H]21.CC(C)N(CCNC(=O)Cc1ccc(C(C)(C)C)cc1)C[C@H]1O[C@@H](n2cnc3c(N)ncnc32)[C@@H]2OC(C)(C)O[C@@H]21.CC(C)N(CCNC(=O)OCc1ccccc1)C[C@H]1O[C@@H](n2cnc3c(N)ncnc32)[C@@H]2OC(C)(C)O[C@@H]21.CC1(C)O[C@@H]2[C@H](O1)[C@@H](CNCCNC(=O)OCc1ccccc1)O[C@H]2n1cnc2c(N)ncnc21. The Morgan fingerprint density at radius 2 is 0.697 bits per heavy atom. The van der Waals surface area contributed by atoms with Gasteiger partial charge in [-0.3, -0.25) is 37.8 Å². The summed E-state index contributed by atoms with van der Waals surface area (Å²) in [5.74, 6) is -1.65. The first kappa shape index (κ1) is 103. The zero-order valence-electron chi connectivity index (χ0n) is 83.6. The van der Waals surface area contributed by atoms with E-state index in [-0.39, 0.29) is 110 Å². The lowest BCUT2D eigenvalue weighted by Crippen LogP contribution is -2.46. The number of benzene rings is 3. The van der Waals surface area contributed by atoms with Crippen LogP contribution in [0.3, 0.4) is 0 Å². The third-order valence-electron chi connectivity index (χ3n) is 25.9. The maximum Gasteiger partial charge on any atom is 0.407 e. The number of imidazole rings is 4. The highest BCUT2D eigenvalue weighted by molar-refractivity contribution is 5.84. The number of hydrogen-bond acceptors (Lipinski definition) is 38. The Morgan fingerprint density at radius 3 is 1.03 bits per heavy atom. The van der Waals surface area contributed by atoms with Crippen molar-refractivity contribution in [2.45, 2.75) is 282 Å². The highest BCUT2D eigenvalue weighted by Crippen LogP contribution is 2.49. The standard InChI is InChI=1S/C30H43N7O4.C26H35N7O5.C23H29N7O5.C18H29N7O3/c1-18(2)36(13-12-32-22(38)14-19-8-10-20(11-9-19)29(3,4)5)15-21-24-25(41-30(6,7)40-24)28(39-21)37-17-35-23-26(31)33-16-34-27(23)37;1-16(2)32(11-10-28-25(34)35-13-17-8-6-5-7-9-17)12-18-20-21(38-26(3,4)37-20)24(36-18)33-15-31-19-22(27)29-14-30-23(19)33;1-23(2)34-17-15(10-25-8-9-26-22(31)32-11-14-6-4-3-5-7-14)33-21(18(17)35-23)30-13-29-16-19(24)27-12-28-20(16)30;1-10(2)24(6-5-19)7-11-13-14(28-18(3,4)27-13)17(26-11)25-9-23-12-15(20)21-8-22-16(12)25/h8-11,16-18,21,24-25,28H,12-15H2,1-7H3,(H,32,38)(H2,31,33,34);5-9,14-16,18,20-21,24H,10-13H2,1-4H3,(H,28,34)(H2,27,29,30);3-7,12-13,15,17-18,21,25H,8-11H2,1-2H3,(H,26,31)(H2,24,27,28);8-11,13-14,17H,5-7,19H2,1-4H3,(H2,20,21,22)/t21-,24-,25-,28-;18-,20-,21-,24-;15-,17-,18-,21-;11-,13-,14-,17-/m1111/s1. The number of nitrogens with zero attached hydrogens (tertiary/aromatic N) is 19. The molecule has 16 heterocycles. The van der Waals surface area contributed by atoms with Gasteiger partial charge in [0.25, 0.3) is 0 Å². The minimum atomic E-state index is -0.757. The molecule has 8 saturated heterocycles. The first-order chi connectivity index (χ1) is 67.7. The third kappa shape index (κ3) is 24.2. The van der Waals surface area contributed by atoms with Crippen molar-refractivity contribution < 1.29 is 80.7 Å². The van der Waals surface area contributed by atoms with Crippen LogP contribution in [0.5, 0.6) is 0 Å². The number of aromatic nitrogens is 16. The number of amides is 3. The number of ether oxygens (including phenoxy) is 14. The summed E-state index contributed by atoms with van der Waals surface area (Å²) < 4.78 is 93.7. The Kier molecular flexibility index (Phi) is 31.9. The molecule has 142 heavy (non-hydrogen) atoms. The molecular weight excluding hydrogens is 1830 g/mol. The van der Waals surface area contributed by atoms with E-state index in [4.69, 9.17) is 95.0 Å². The van der Waals surface area contributed by atoms with E-state index in [1.165, 1.54) is 30.9 Å². The fraction of sp³-hybridized carbons (Fsp3) is 0.577.